The van der Waals surface area contributed by atoms with Gasteiger partial charge in [-0.1, -0.05) is 24.3 Å². The molecule has 1 saturated carbocycles. The number of aromatic amines is 1. The van der Waals surface area contributed by atoms with Crippen molar-refractivity contribution in [2.24, 2.45) is 11.8 Å². The highest BCUT2D eigenvalue weighted by Crippen LogP contribution is 2.31. The summed E-state index contributed by atoms with van der Waals surface area (Å²) in [5.41, 5.74) is 2.98. The minimum absolute atomic E-state index is 0.0483. The van der Waals surface area contributed by atoms with Crippen molar-refractivity contribution in [1.82, 2.24) is 15.3 Å². The second kappa shape index (κ2) is 8.60. The summed E-state index contributed by atoms with van der Waals surface area (Å²) in [6, 6.07) is 14.7. The fourth-order valence-corrected chi connectivity index (χ4v) is 4.82. The molecule has 6 nitrogen and oxygen atoms in total. The van der Waals surface area contributed by atoms with E-state index in [0.29, 0.717) is 17.4 Å². The molecule has 0 saturated heterocycles. The van der Waals surface area contributed by atoms with Crippen molar-refractivity contribution < 1.29 is 13.2 Å². The molecule has 0 atom stereocenters. The number of carbonyl (C=O) groups excluding carboxylic acids is 1. The van der Waals surface area contributed by atoms with Gasteiger partial charge >= 0.3 is 0 Å². The highest BCUT2D eigenvalue weighted by Gasteiger charge is 2.26. The van der Waals surface area contributed by atoms with Crippen molar-refractivity contribution in [3.63, 3.8) is 0 Å². The number of rotatable bonds is 6. The Labute approximate surface area is 177 Å². The number of fused-ring (bicyclic) bond motifs is 1. The lowest BCUT2D eigenvalue weighted by Gasteiger charge is -2.27. The van der Waals surface area contributed by atoms with Gasteiger partial charge in [-0.2, -0.15) is 0 Å². The largest absolute Gasteiger partial charge is 0.352 e. The van der Waals surface area contributed by atoms with Crippen LogP contribution in [0.15, 0.2) is 53.4 Å². The zero-order chi connectivity index (χ0) is 21.1. The number of benzene rings is 2. The SMILES string of the molecule is CS(=O)(=O)c1ccc(CNC(=O)[C@H]2CC[C@@H](Cc3nc4ccccc4[nH]3)CC2)cc1. The Morgan fingerprint density at radius 3 is 2.43 bits per heavy atom. The number of nitrogens with one attached hydrogen (secondary N) is 2. The third-order valence-electron chi connectivity index (χ3n) is 5.96. The molecule has 158 valence electrons. The van der Waals surface area contributed by atoms with Gasteiger partial charge < -0.3 is 10.3 Å². The molecule has 2 N–H and O–H groups in total. The second-order valence-electron chi connectivity index (χ2n) is 8.26. The predicted molar refractivity (Wildman–Crippen MR) is 117 cm³/mol. The maximum absolute atomic E-state index is 12.6. The van der Waals surface area contributed by atoms with Crippen LogP contribution in [0.25, 0.3) is 11.0 Å². The molecule has 1 heterocycles. The molecule has 1 aliphatic rings. The Morgan fingerprint density at radius 1 is 1.07 bits per heavy atom. The van der Waals surface area contributed by atoms with E-state index in [2.05, 4.69) is 15.3 Å². The first-order valence-corrected chi connectivity index (χ1v) is 12.3. The summed E-state index contributed by atoms with van der Waals surface area (Å²) in [5.74, 6) is 1.72. The number of H-pyrrole nitrogens is 1. The van der Waals surface area contributed by atoms with Gasteiger partial charge in [-0.15, -0.1) is 0 Å². The molecular weight excluding hydrogens is 398 g/mol. The summed E-state index contributed by atoms with van der Waals surface area (Å²) in [7, 11) is -3.20. The van der Waals surface area contributed by atoms with Gasteiger partial charge in [0, 0.05) is 25.1 Å². The van der Waals surface area contributed by atoms with E-state index in [9.17, 15) is 13.2 Å². The minimum atomic E-state index is -3.20. The van der Waals surface area contributed by atoms with Crippen LogP contribution in [0.2, 0.25) is 0 Å². The third kappa shape index (κ3) is 4.90. The molecule has 0 aliphatic heterocycles. The van der Waals surface area contributed by atoms with Crippen LogP contribution in [-0.4, -0.2) is 30.5 Å². The molecule has 1 fully saturated rings. The lowest BCUT2D eigenvalue weighted by atomic mass is 9.80. The van der Waals surface area contributed by atoms with Crippen LogP contribution in [-0.2, 0) is 27.6 Å². The molecule has 0 bridgehead atoms. The Bertz CT molecular complexity index is 1090. The second-order valence-corrected chi connectivity index (χ2v) is 10.3. The van der Waals surface area contributed by atoms with Crippen molar-refractivity contribution in [2.45, 2.75) is 43.5 Å². The smallest absolute Gasteiger partial charge is 0.223 e. The molecule has 1 aromatic heterocycles. The number of carbonyl (C=O) groups is 1. The minimum Gasteiger partial charge on any atom is -0.352 e. The fourth-order valence-electron chi connectivity index (χ4n) is 4.19. The Hall–Kier alpha value is -2.67. The third-order valence-corrected chi connectivity index (χ3v) is 7.08. The summed E-state index contributed by atoms with van der Waals surface area (Å²) in [6.45, 7) is 0.418. The number of hydrogen-bond acceptors (Lipinski definition) is 4. The average molecular weight is 426 g/mol. The molecule has 0 spiro atoms. The summed E-state index contributed by atoms with van der Waals surface area (Å²) in [4.78, 5) is 20.9. The maximum atomic E-state index is 12.6. The molecule has 2 aromatic carbocycles. The first-order chi connectivity index (χ1) is 14.4. The van der Waals surface area contributed by atoms with Gasteiger partial charge in [0.15, 0.2) is 9.84 Å². The van der Waals surface area contributed by atoms with Crippen molar-refractivity contribution >= 4 is 26.8 Å². The lowest BCUT2D eigenvalue weighted by Crippen LogP contribution is -2.33. The van der Waals surface area contributed by atoms with Crippen LogP contribution >= 0.6 is 0 Å². The molecule has 0 radical (unpaired) electrons. The quantitative estimate of drug-likeness (QED) is 0.631. The van der Waals surface area contributed by atoms with Crippen LogP contribution in [0, 0.1) is 11.8 Å². The molecule has 7 heteroatoms. The molecule has 1 aliphatic carbocycles. The first-order valence-electron chi connectivity index (χ1n) is 10.4. The van der Waals surface area contributed by atoms with Gasteiger partial charge in [-0.3, -0.25) is 4.79 Å². The van der Waals surface area contributed by atoms with Gasteiger partial charge in [0.1, 0.15) is 5.82 Å². The van der Waals surface area contributed by atoms with Gasteiger partial charge in [0.2, 0.25) is 5.91 Å². The molecule has 3 aromatic rings. The highest BCUT2D eigenvalue weighted by atomic mass is 32.2. The van der Waals surface area contributed by atoms with Gasteiger partial charge in [0.05, 0.1) is 15.9 Å². The van der Waals surface area contributed by atoms with Crippen LogP contribution in [0.4, 0.5) is 0 Å². The normalized spacial score (nSPS) is 19.6. The van der Waals surface area contributed by atoms with Crippen molar-refractivity contribution in [1.29, 1.82) is 0 Å². The van der Waals surface area contributed by atoms with E-state index in [1.165, 1.54) is 6.26 Å². The Balaban J connectivity index is 1.25. The van der Waals surface area contributed by atoms with E-state index in [-0.39, 0.29) is 11.8 Å². The molecule has 1 amide bonds. The standard InChI is InChI=1S/C23H27N3O3S/c1-30(28,29)19-12-8-17(9-13-19)15-24-23(27)18-10-6-16(7-11-18)14-22-25-20-4-2-3-5-21(20)26-22/h2-5,8-9,12-13,16,18H,6-7,10-11,14-15H2,1H3,(H,24,27)(H,25,26)/t16-,18+. The van der Waals surface area contributed by atoms with Crippen molar-refractivity contribution in [2.75, 3.05) is 6.26 Å². The Morgan fingerprint density at radius 2 is 1.77 bits per heavy atom. The number of sulfone groups is 1. The fraction of sp³-hybridized carbons (Fsp3) is 0.391. The number of nitrogens with zero attached hydrogens (tertiary/aromatic N) is 1. The van der Waals surface area contributed by atoms with Crippen molar-refractivity contribution in [3.05, 3.63) is 59.9 Å². The molecular formula is C23H27N3O3S. The summed E-state index contributed by atoms with van der Waals surface area (Å²) in [6.07, 6.45) is 5.95. The molecule has 0 unspecified atom stereocenters. The van der Waals surface area contributed by atoms with Crippen LogP contribution in [0.3, 0.4) is 0 Å². The van der Waals surface area contributed by atoms with Gasteiger partial charge in [-0.25, -0.2) is 13.4 Å². The average Bonchev–Trinajstić information content (AvgIpc) is 3.14. The van der Waals surface area contributed by atoms with E-state index >= 15 is 0 Å². The number of aromatic nitrogens is 2. The summed E-state index contributed by atoms with van der Waals surface area (Å²) < 4.78 is 23.1. The van der Waals surface area contributed by atoms with Gasteiger partial charge in [0.25, 0.3) is 0 Å². The van der Waals surface area contributed by atoms with Crippen molar-refractivity contribution in [3.8, 4) is 0 Å². The van der Waals surface area contributed by atoms with Crippen LogP contribution in [0.1, 0.15) is 37.1 Å². The molecule has 4 rings (SSSR count). The number of hydrogen-bond donors (Lipinski definition) is 2. The summed E-state index contributed by atoms with van der Waals surface area (Å²) in [5, 5.41) is 3.00. The topological polar surface area (TPSA) is 91.9 Å². The zero-order valence-corrected chi connectivity index (χ0v) is 17.9. The van der Waals surface area contributed by atoms with E-state index in [0.717, 1.165) is 54.5 Å². The number of imidazole rings is 1. The first kappa shape index (κ1) is 20.6. The number of para-hydroxylation sites is 2. The van der Waals surface area contributed by atoms with Crippen LogP contribution < -0.4 is 5.32 Å². The lowest BCUT2D eigenvalue weighted by molar-refractivity contribution is -0.126. The van der Waals surface area contributed by atoms with Crippen LogP contribution in [0.5, 0.6) is 0 Å². The van der Waals surface area contributed by atoms with E-state index in [1.54, 1.807) is 24.3 Å². The molecule has 30 heavy (non-hydrogen) atoms. The predicted octanol–water partition coefficient (Wildman–Crippen LogP) is 3.63. The van der Waals surface area contributed by atoms with E-state index < -0.39 is 9.84 Å². The number of amides is 1. The summed E-state index contributed by atoms with van der Waals surface area (Å²) >= 11 is 0. The monoisotopic (exact) mass is 425 g/mol. The Kier molecular flexibility index (Phi) is 5.90. The maximum Gasteiger partial charge on any atom is 0.223 e. The van der Waals surface area contributed by atoms with E-state index in [1.807, 2.05) is 24.3 Å². The van der Waals surface area contributed by atoms with Gasteiger partial charge in [-0.05, 0) is 61.4 Å². The highest BCUT2D eigenvalue weighted by molar-refractivity contribution is 7.90. The zero-order valence-electron chi connectivity index (χ0n) is 17.1. The van der Waals surface area contributed by atoms with E-state index in [4.69, 9.17) is 0 Å².